The Morgan fingerprint density at radius 2 is 1.44 bits per heavy atom. The first-order chi connectivity index (χ1) is 23.7. The number of carbonyl (C=O) groups excluding carboxylic acids is 4. The molecule has 264 valence electrons. The van der Waals surface area contributed by atoms with Gasteiger partial charge in [-0.2, -0.15) is 0 Å². The SMILES string of the molecule is CCC1(C(=O)N2CC(CCl)c3c2cc(CC(C)=O)c2[nH]cc(C)c32)CC(C)(CC(=O)N2CC(CCl)c3c2cc(OC(C)=O)c2[nH]cc(C)c32)C1. The van der Waals surface area contributed by atoms with Gasteiger partial charge in [0.1, 0.15) is 5.78 Å². The molecule has 0 bridgehead atoms. The molecule has 2 unspecified atom stereocenters. The predicted molar refractivity (Wildman–Crippen MR) is 198 cm³/mol. The number of ether oxygens (including phenoxy) is 1. The van der Waals surface area contributed by atoms with Crippen molar-refractivity contribution in [1.29, 1.82) is 0 Å². The molecule has 4 heterocycles. The van der Waals surface area contributed by atoms with Crippen LogP contribution in [0.1, 0.15) is 93.0 Å². The molecular weight excluding hydrogens is 675 g/mol. The largest absolute Gasteiger partial charge is 0.424 e. The summed E-state index contributed by atoms with van der Waals surface area (Å²) < 4.78 is 5.60. The van der Waals surface area contributed by atoms with E-state index in [-0.39, 0.29) is 47.7 Å². The number of esters is 1. The number of hydrogen-bond acceptors (Lipinski definition) is 5. The van der Waals surface area contributed by atoms with E-state index < -0.39 is 11.4 Å². The summed E-state index contributed by atoms with van der Waals surface area (Å²) in [7, 11) is 0. The number of aromatic amines is 2. The van der Waals surface area contributed by atoms with Gasteiger partial charge in [0.2, 0.25) is 11.8 Å². The van der Waals surface area contributed by atoms with Gasteiger partial charge in [0, 0.05) is 96.9 Å². The van der Waals surface area contributed by atoms with Crippen LogP contribution in [0, 0.1) is 24.7 Å². The molecule has 11 heteroatoms. The topological polar surface area (TPSA) is 116 Å². The first-order valence-corrected chi connectivity index (χ1v) is 18.5. The zero-order chi connectivity index (χ0) is 35.9. The molecular formula is C39H44Cl2N4O5. The van der Waals surface area contributed by atoms with E-state index >= 15 is 0 Å². The number of ketones is 1. The number of halogens is 2. The molecule has 9 nitrogen and oxygen atoms in total. The molecule has 2 aliphatic heterocycles. The average molecular weight is 720 g/mol. The second-order valence-corrected chi connectivity index (χ2v) is 15.9. The number of rotatable bonds is 9. The van der Waals surface area contributed by atoms with Crippen LogP contribution in [0.3, 0.4) is 0 Å². The number of carbonyl (C=O) groups is 4. The average Bonchev–Trinajstić information content (AvgIpc) is 3.81. The number of fused-ring (bicyclic) bond motifs is 6. The highest BCUT2D eigenvalue weighted by Crippen LogP contribution is 2.60. The van der Waals surface area contributed by atoms with Gasteiger partial charge in [0.25, 0.3) is 0 Å². The van der Waals surface area contributed by atoms with Crippen LogP contribution in [0.5, 0.6) is 5.75 Å². The Labute approximate surface area is 302 Å². The molecule has 1 aliphatic carbocycles. The fourth-order valence-corrected chi connectivity index (χ4v) is 9.96. The highest BCUT2D eigenvalue weighted by molar-refractivity contribution is 6.19. The van der Waals surface area contributed by atoms with E-state index in [0.29, 0.717) is 49.9 Å². The van der Waals surface area contributed by atoms with Crippen molar-refractivity contribution in [2.24, 2.45) is 10.8 Å². The molecule has 2 aromatic heterocycles. The number of alkyl halides is 2. The molecule has 7 rings (SSSR count). The molecule has 2 N–H and O–H groups in total. The number of aryl methyl sites for hydroxylation is 2. The molecule has 0 radical (unpaired) electrons. The number of amides is 2. The second kappa shape index (κ2) is 12.4. The number of H-pyrrole nitrogens is 2. The minimum atomic E-state index is -0.616. The monoisotopic (exact) mass is 718 g/mol. The van der Waals surface area contributed by atoms with Crippen molar-refractivity contribution in [3.63, 3.8) is 0 Å². The molecule has 0 saturated heterocycles. The van der Waals surface area contributed by atoms with Crippen LogP contribution in [0.2, 0.25) is 0 Å². The van der Waals surface area contributed by atoms with Crippen LogP contribution >= 0.6 is 23.2 Å². The highest BCUT2D eigenvalue weighted by atomic mass is 35.5. The maximum absolute atomic E-state index is 14.7. The van der Waals surface area contributed by atoms with E-state index in [9.17, 15) is 19.2 Å². The van der Waals surface area contributed by atoms with Gasteiger partial charge in [0.05, 0.1) is 16.6 Å². The maximum Gasteiger partial charge on any atom is 0.308 e. The first-order valence-electron chi connectivity index (χ1n) is 17.4. The van der Waals surface area contributed by atoms with Crippen LogP contribution in [0.4, 0.5) is 11.4 Å². The predicted octanol–water partition coefficient (Wildman–Crippen LogP) is 7.95. The van der Waals surface area contributed by atoms with Crippen LogP contribution in [-0.2, 0) is 25.6 Å². The van der Waals surface area contributed by atoms with Crippen LogP contribution < -0.4 is 14.5 Å². The third kappa shape index (κ3) is 5.34. The molecule has 2 amide bonds. The van der Waals surface area contributed by atoms with Gasteiger partial charge in [-0.1, -0.05) is 13.8 Å². The summed E-state index contributed by atoms with van der Waals surface area (Å²) in [4.78, 5) is 63.5. The van der Waals surface area contributed by atoms with Gasteiger partial charge < -0.3 is 24.5 Å². The van der Waals surface area contributed by atoms with Crippen molar-refractivity contribution in [2.75, 3.05) is 34.6 Å². The van der Waals surface area contributed by atoms with E-state index in [0.717, 1.165) is 61.0 Å². The van der Waals surface area contributed by atoms with Gasteiger partial charge in [-0.15, -0.1) is 23.2 Å². The van der Waals surface area contributed by atoms with E-state index in [4.69, 9.17) is 27.9 Å². The number of hydrogen-bond donors (Lipinski definition) is 2. The normalized spacial score (nSPS) is 24.1. The number of nitrogens with one attached hydrogen (secondary N) is 2. The van der Waals surface area contributed by atoms with Gasteiger partial charge in [-0.25, -0.2) is 0 Å². The summed E-state index contributed by atoms with van der Waals surface area (Å²) in [5.74, 6) is 0.651. The lowest BCUT2D eigenvalue weighted by Gasteiger charge is -2.54. The lowest BCUT2D eigenvalue weighted by atomic mass is 9.50. The number of aromatic nitrogens is 2. The van der Waals surface area contributed by atoms with Crippen molar-refractivity contribution in [1.82, 2.24) is 9.97 Å². The van der Waals surface area contributed by atoms with Crippen molar-refractivity contribution in [2.45, 2.75) is 85.5 Å². The standard InChI is InChI=1S/C39H44Cl2N4O5/c1-7-39(37(49)45-17-26(13-41)33-27(45)9-24(8-22(4)46)35-31(33)20(2)14-42-35)18-38(6,19-39)11-30(48)44-16-25(12-40)34-28(44)10-29(50-23(5)47)36-32(34)21(3)15-43-36/h9-10,14-15,25-26,42-43H,7-8,11-13,16-19H2,1-6H3. The molecule has 2 atom stereocenters. The third-order valence-electron chi connectivity index (χ3n) is 11.4. The molecule has 50 heavy (non-hydrogen) atoms. The molecule has 1 saturated carbocycles. The zero-order valence-corrected chi connectivity index (χ0v) is 31.0. The van der Waals surface area contributed by atoms with Crippen LogP contribution in [-0.4, -0.2) is 58.4 Å². The fraction of sp³-hybridized carbons (Fsp3) is 0.487. The van der Waals surface area contributed by atoms with Gasteiger partial charge in [-0.3, -0.25) is 19.2 Å². The number of Topliss-reactive ketones (excluding diaryl/α,β-unsaturated/α-hetero) is 1. The highest BCUT2D eigenvalue weighted by Gasteiger charge is 2.58. The maximum atomic E-state index is 14.7. The minimum absolute atomic E-state index is 0.0296. The summed E-state index contributed by atoms with van der Waals surface area (Å²) in [5, 5.41) is 1.99. The van der Waals surface area contributed by atoms with E-state index in [1.807, 2.05) is 37.2 Å². The van der Waals surface area contributed by atoms with E-state index in [1.165, 1.54) is 6.92 Å². The Balaban J connectivity index is 1.17. The third-order valence-corrected chi connectivity index (χ3v) is 12.2. The molecule has 2 aromatic carbocycles. The fourth-order valence-electron chi connectivity index (χ4n) is 9.45. The summed E-state index contributed by atoms with van der Waals surface area (Å²) in [6.07, 6.45) is 6.20. The summed E-state index contributed by atoms with van der Waals surface area (Å²) >= 11 is 13.1. The Morgan fingerprint density at radius 1 is 0.880 bits per heavy atom. The quantitative estimate of drug-likeness (QED) is 0.104. The van der Waals surface area contributed by atoms with Gasteiger partial charge in [0.15, 0.2) is 5.75 Å². The molecule has 4 aromatic rings. The summed E-state index contributed by atoms with van der Waals surface area (Å²) in [6.45, 7) is 12.1. The molecule has 3 aliphatic rings. The Bertz CT molecular complexity index is 2090. The summed E-state index contributed by atoms with van der Waals surface area (Å²) in [6, 6.07) is 3.79. The van der Waals surface area contributed by atoms with Crippen molar-refractivity contribution >= 4 is 79.9 Å². The molecule has 1 fully saturated rings. The van der Waals surface area contributed by atoms with E-state index in [2.05, 4.69) is 23.8 Å². The minimum Gasteiger partial charge on any atom is -0.424 e. The summed E-state index contributed by atoms with van der Waals surface area (Å²) in [5.41, 5.74) is 7.23. The van der Waals surface area contributed by atoms with Crippen LogP contribution in [0.15, 0.2) is 24.5 Å². The van der Waals surface area contributed by atoms with Crippen molar-refractivity contribution < 1.29 is 23.9 Å². The lowest BCUT2D eigenvalue weighted by Crippen LogP contribution is -2.56. The van der Waals surface area contributed by atoms with Crippen molar-refractivity contribution in [3.8, 4) is 5.75 Å². The number of anilines is 2. The lowest BCUT2D eigenvalue weighted by molar-refractivity contribution is -0.147. The van der Waals surface area contributed by atoms with Crippen molar-refractivity contribution in [3.05, 3.63) is 52.3 Å². The van der Waals surface area contributed by atoms with Gasteiger partial charge in [-0.05, 0) is 79.3 Å². The van der Waals surface area contributed by atoms with Crippen LogP contribution in [0.25, 0.3) is 21.8 Å². The van der Waals surface area contributed by atoms with E-state index in [1.54, 1.807) is 17.9 Å². The molecule has 0 spiro atoms. The smallest absolute Gasteiger partial charge is 0.308 e. The Hall–Kier alpha value is -3.82. The second-order valence-electron chi connectivity index (χ2n) is 15.3. The number of nitrogens with zero attached hydrogens (tertiary/aromatic N) is 2. The Kier molecular flexibility index (Phi) is 8.62. The van der Waals surface area contributed by atoms with Gasteiger partial charge >= 0.3 is 5.97 Å². The zero-order valence-electron chi connectivity index (χ0n) is 29.5. The Morgan fingerprint density at radius 3 is 2.00 bits per heavy atom. The first kappa shape index (κ1) is 34.6. The number of benzene rings is 2.